The van der Waals surface area contributed by atoms with Crippen molar-refractivity contribution in [2.75, 3.05) is 7.05 Å². The van der Waals surface area contributed by atoms with E-state index in [0.717, 1.165) is 24.8 Å². The van der Waals surface area contributed by atoms with E-state index in [9.17, 15) is 8.42 Å². The van der Waals surface area contributed by atoms with Crippen molar-refractivity contribution in [3.8, 4) is 0 Å². The number of hydrogen-bond donors (Lipinski definition) is 2. The van der Waals surface area contributed by atoms with Crippen LogP contribution < -0.4 is 10.0 Å². The molecule has 118 valence electrons. The van der Waals surface area contributed by atoms with Crippen molar-refractivity contribution in [1.82, 2.24) is 10.0 Å². The molecule has 1 fully saturated rings. The fourth-order valence-corrected chi connectivity index (χ4v) is 5.44. The molecule has 0 heterocycles. The van der Waals surface area contributed by atoms with Crippen LogP contribution in [-0.4, -0.2) is 21.5 Å². The zero-order valence-electron chi connectivity index (χ0n) is 12.7. The Labute approximate surface area is 135 Å². The predicted molar refractivity (Wildman–Crippen MR) is 88.6 cm³/mol. The normalized spacial score (nSPS) is 21.6. The second kappa shape index (κ2) is 6.36. The first kappa shape index (κ1) is 16.9. The van der Waals surface area contributed by atoms with Gasteiger partial charge in [0.2, 0.25) is 10.0 Å². The summed E-state index contributed by atoms with van der Waals surface area (Å²) in [4.78, 5) is 0.310. The van der Waals surface area contributed by atoms with E-state index in [1.54, 1.807) is 6.07 Å². The molecule has 1 aliphatic rings. The summed E-state index contributed by atoms with van der Waals surface area (Å²) in [5.41, 5.74) is 1.07. The van der Waals surface area contributed by atoms with Gasteiger partial charge in [0.15, 0.2) is 0 Å². The molecule has 0 spiro atoms. The van der Waals surface area contributed by atoms with Crippen molar-refractivity contribution in [2.24, 2.45) is 5.41 Å². The van der Waals surface area contributed by atoms with Crippen LogP contribution in [0.15, 0.2) is 27.6 Å². The van der Waals surface area contributed by atoms with Gasteiger partial charge in [-0.2, -0.15) is 0 Å². The Bertz CT molecular complexity index is 614. The lowest BCUT2D eigenvalue weighted by Gasteiger charge is -2.27. The highest BCUT2D eigenvalue weighted by molar-refractivity contribution is 9.10. The highest BCUT2D eigenvalue weighted by Crippen LogP contribution is 2.38. The first-order chi connectivity index (χ1) is 9.76. The number of benzene rings is 1. The molecule has 0 amide bonds. The van der Waals surface area contributed by atoms with Crippen LogP contribution in [0.3, 0.4) is 0 Å². The summed E-state index contributed by atoms with van der Waals surface area (Å²) in [5, 5.41) is 3.05. The molecular formula is C15H23BrN2O2S. The Hall–Kier alpha value is -0.430. The topological polar surface area (TPSA) is 58.2 Å². The fraction of sp³-hybridized carbons (Fsp3) is 0.600. The second-order valence-corrected chi connectivity index (χ2v) is 8.89. The van der Waals surface area contributed by atoms with E-state index in [4.69, 9.17) is 0 Å². The molecule has 1 saturated carbocycles. The monoisotopic (exact) mass is 374 g/mol. The van der Waals surface area contributed by atoms with Crippen molar-refractivity contribution in [1.29, 1.82) is 0 Å². The minimum atomic E-state index is -3.49. The molecule has 1 aromatic carbocycles. The van der Waals surface area contributed by atoms with Crippen LogP contribution in [-0.2, 0) is 16.6 Å². The lowest BCUT2D eigenvalue weighted by atomic mass is 9.88. The SMILES string of the molecule is CNCc1ccc(S(=O)(=O)NC2CCCC2(C)C)c(Br)c1. The second-order valence-electron chi connectivity index (χ2n) is 6.35. The Morgan fingerprint density at radius 3 is 2.62 bits per heavy atom. The summed E-state index contributed by atoms with van der Waals surface area (Å²) in [5.74, 6) is 0. The molecule has 2 rings (SSSR count). The molecule has 4 nitrogen and oxygen atoms in total. The molecule has 6 heteroatoms. The summed E-state index contributed by atoms with van der Waals surface area (Å²) in [6, 6.07) is 5.37. The summed E-state index contributed by atoms with van der Waals surface area (Å²) in [7, 11) is -1.63. The highest BCUT2D eigenvalue weighted by atomic mass is 79.9. The zero-order valence-corrected chi connectivity index (χ0v) is 15.1. The van der Waals surface area contributed by atoms with E-state index in [-0.39, 0.29) is 11.5 Å². The van der Waals surface area contributed by atoms with Crippen LogP contribution in [0.4, 0.5) is 0 Å². The lowest BCUT2D eigenvalue weighted by molar-refractivity contribution is 0.313. The Kier molecular flexibility index (Phi) is 5.13. The molecule has 1 atom stereocenters. The highest BCUT2D eigenvalue weighted by Gasteiger charge is 2.37. The Morgan fingerprint density at radius 2 is 2.10 bits per heavy atom. The third-order valence-electron chi connectivity index (χ3n) is 4.22. The first-order valence-electron chi connectivity index (χ1n) is 7.21. The smallest absolute Gasteiger partial charge is 0.241 e. The molecule has 2 N–H and O–H groups in total. The zero-order chi connectivity index (χ0) is 15.7. The minimum Gasteiger partial charge on any atom is -0.316 e. The van der Waals surface area contributed by atoms with Crippen molar-refractivity contribution < 1.29 is 8.42 Å². The van der Waals surface area contributed by atoms with Crippen LogP contribution in [0.5, 0.6) is 0 Å². The van der Waals surface area contributed by atoms with Gasteiger partial charge in [0, 0.05) is 17.1 Å². The van der Waals surface area contributed by atoms with E-state index in [1.165, 1.54) is 0 Å². The largest absolute Gasteiger partial charge is 0.316 e. The molecule has 0 bridgehead atoms. The number of hydrogen-bond acceptors (Lipinski definition) is 3. The molecule has 0 radical (unpaired) electrons. The van der Waals surface area contributed by atoms with Gasteiger partial charge in [0.25, 0.3) is 0 Å². The van der Waals surface area contributed by atoms with E-state index in [2.05, 4.69) is 39.8 Å². The van der Waals surface area contributed by atoms with Gasteiger partial charge in [-0.3, -0.25) is 0 Å². The van der Waals surface area contributed by atoms with Crippen LogP contribution in [0, 0.1) is 5.41 Å². The van der Waals surface area contributed by atoms with E-state index in [1.807, 2.05) is 19.2 Å². The van der Waals surface area contributed by atoms with Crippen molar-refractivity contribution in [3.63, 3.8) is 0 Å². The summed E-state index contributed by atoms with van der Waals surface area (Å²) in [6.45, 7) is 4.96. The predicted octanol–water partition coefficient (Wildman–Crippen LogP) is 3.03. The molecule has 21 heavy (non-hydrogen) atoms. The van der Waals surface area contributed by atoms with Gasteiger partial charge in [0.1, 0.15) is 0 Å². The van der Waals surface area contributed by atoms with Gasteiger partial charge >= 0.3 is 0 Å². The number of rotatable bonds is 5. The molecule has 1 aliphatic carbocycles. The Balaban J connectivity index is 2.24. The quantitative estimate of drug-likeness (QED) is 0.832. The minimum absolute atomic E-state index is 0.00591. The van der Waals surface area contributed by atoms with E-state index < -0.39 is 10.0 Å². The lowest BCUT2D eigenvalue weighted by Crippen LogP contribution is -2.41. The standard InChI is InChI=1S/C15H23BrN2O2S/c1-15(2)8-4-5-14(15)18-21(19,20)13-7-6-11(10-17-3)9-12(13)16/h6-7,9,14,17-18H,4-5,8,10H2,1-3H3. The maximum absolute atomic E-state index is 12.6. The third-order valence-corrected chi connectivity index (χ3v) is 6.67. The maximum atomic E-state index is 12.6. The maximum Gasteiger partial charge on any atom is 0.241 e. The molecule has 0 aromatic heterocycles. The molecule has 0 aliphatic heterocycles. The third kappa shape index (κ3) is 3.86. The molecular weight excluding hydrogens is 352 g/mol. The van der Waals surface area contributed by atoms with Crippen molar-refractivity contribution in [2.45, 2.75) is 50.6 Å². The summed E-state index contributed by atoms with van der Waals surface area (Å²) >= 11 is 3.38. The van der Waals surface area contributed by atoms with E-state index in [0.29, 0.717) is 15.9 Å². The van der Waals surface area contributed by atoms with Gasteiger partial charge in [0.05, 0.1) is 4.90 Å². The fourth-order valence-electron chi connectivity index (χ4n) is 2.87. The molecule has 0 saturated heterocycles. The number of halogens is 1. The average Bonchev–Trinajstić information content (AvgIpc) is 2.68. The van der Waals surface area contributed by atoms with Gasteiger partial charge in [-0.15, -0.1) is 0 Å². The van der Waals surface area contributed by atoms with Crippen molar-refractivity contribution in [3.05, 3.63) is 28.2 Å². The molecule has 1 unspecified atom stereocenters. The summed E-state index contributed by atoms with van der Waals surface area (Å²) < 4.78 is 28.7. The van der Waals surface area contributed by atoms with Gasteiger partial charge in [-0.1, -0.05) is 26.3 Å². The van der Waals surface area contributed by atoms with Gasteiger partial charge < -0.3 is 5.32 Å². The molecule has 1 aromatic rings. The number of sulfonamides is 1. The van der Waals surface area contributed by atoms with E-state index >= 15 is 0 Å². The van der Waals surface area contributed by atoms with Crippen LogP contribution >= 0.6 is 15.9 Å². The van der Waals surface area contributed by atoms with Crippen LogP contribution in [0.25, 0.3) is 0 Å². The average molecular weight is 375 g/mol. The van der Waals surface area contributed by atoms with Crippen molar-refractivity contribution >= 4 is 26.0 Å². The summed E-state index contributed by atoms with van der Waals surface area (Å²) in [6.07, 6.45) is 3.03. The Morgan fingerprint density at radius 1 is 1.38 bits per heavy atom. The van der Waals surface area contributed by atoms with Gasteiger partial charge in [-0.25, -0.2) is 13.1 Å². The van der Waals surface area contributed by atoms with Crippen LogP contribution in [0.1, 0.15) is 38.7 Å². The van der Waals surface area contributed by atoms with Crippen LogP contribution in [0.2, 0.25) is 0 Å². The van der Waals surface area contributed by atoms with Gasteiger partial charge in [-0.05, 0) is 58.9 Å². The first-order valence-corrected chi connectivity index (χ1v) is 9.49. The number of nitrogens with one attached hydrogen (secondary N) is 2.